The molecule has 0 spiro atoms. The van der Waals surface area contributed by atoms with Gasteiger partial charge in [-0.25, -0.2) is 9.67 Å². The van der Waals surface area contributed by atoms with E-state index in [1.807, 2.05) is 47.7 Å². The van der Waals surface area contributed by atoms with Crippen LogP contribution in [0.25, 0.3) is 11.4 Å². The minimum atomic E-state index is 0.191. The molecule has 2 heterocycles. The van der Waals surface area contributed by atoms with Gasteiger partial charge in [0, 0.05) is 30.8 Å². The van der Waals surface area contributed by atoms with E-state index in [1.54, 1.807) is 0 Å². The first kappa shape index (κ1) is 15.7. The molecule has 122 valence electrons. The molecule has 6 heteroatoms. The van der Waals surface area contributed by atoms with Crippen LogP contribution in [0.4, 0.5) is 5.69 Å². The lowest BCUT2D eigenvalue weighted by molar-refractivity contribution is -0.117. The van der Waals surface area contributed by atoms with Gasteiger partial charge in [-0.15, -0.1) is 0 Å². The fourth-order valence-corrected chi connectivity index (χ4v) is 2.85. The molecule has 1 amide bonds. The molecule has 0 atom stereocenters. The van der Waals surface area contributed by atoms with Gasteiger partial charge in [0.05, 0.1) is 13.2 Å². The molecule has 0 radical (unpaired) electrons. The summed E-state index contributed by atoms with van der Waals surface area (Å²) in [5, 5.41) is 4.45. The van der Waals surface area contributed by atoms with E-state index in [0.29, 0.717) is 26.2 Å². The molecule has 0 aliphatic carbocycles. The Hall–Kier alpha value is -2.21. The summed E-state index contributed by atoms with van der Waals surface area (Å²) in [7, 11) is 0. The summed E-state index contributed by atoms with van der Waals surface area (Å²) in [6, 6.07) is 7.96. The van der Waals surface area contributed by atoms with Crippen LogP contribution in [0.5, 0.6) is 0 Å². The summed E-state index contributed by atoms with van der Waals surface area (Å²) in [5.74, 6) is 1.74. The molecule has 1 saturated heterocycles. The number of hydrogen-bond acceptors (Lipinski definition) is 4. The smallest absolute Gasteiger partial charge is 0.227 e. The number of anilines is 1. The Bertz CT molecular complexity index is 696. The lowest BCUT2D eigenvalue weighted by Gasteiger charge is -2.16. The molecule has 0 N–H and O–H groups in total. The molecule has 0 unspecified atom stereocenters. The second-order valence-corrected chi connectivity index (χ2v) is 5.60. The summed E-state index contributed by atoms with van der Waals surface area (Å²) < 4.78 is 7.29. The van der Waals surface area contributed by atoms with E-state index in [4.69, 9.17) is 4.74 Å². The normalized spacial score (nSPS) is 14.7. The van der Waals surface area contributed by atoms with Gasteiger partial charge in [-0.2, -0.15) is 5.10 Å². The lowest BCUT2D eigenvalue weighted by atomic mass is 10.1. The van der Waals surface area contributed by atoms with E-state index in [-0.39, 0.29) is 5.91 Å². The monoisotopic (exact) mass is 314 g/mol. The molecule has 1 aromatic carbocycles. The molecular formula is C17H22N4O2. The third-order valence-corrected chi connectivity index (χ3v) is 3.92. The van der Waals surface area contributed by atoms with Crippen molar-refractivity contribution in [3.8, 4) is 11.4 Å². The van der Waals surface area contributed by atoms with E-state index in [1.165, 1.54) is 0 Å². The molecule has 1 aliphatic heterocycles. The minimum Gasteiger partial charge on any atom is -0.380 e. The van der Waals surface area contributed by atoms with Gasteiger partial charge in [-0.1, -0.05) is 12.1 Å². The van der Waals surface area contributed by atoms with Crippen molar-refractivity contribution < 1.29 is 9.53 Å². The van der Waals surface area contributed by atoms with Crippen molar-refractivity contribution in [2.24, 2.45) is 0 Å². The average molecular weight is 314 g/mol. The van der Waals surface area contributed by atoms with Crippen LogP contribution in [0, 0.1) is 6.92 Å². The zero-order chi connectivity index (χ0) is 16.2. The van der Waals surface area contributed by atoms with Gasteiger partial charge in [-0.05, 0) is 32.4 Å². The molecule has 1 aromatic heterocycles. The quantitative estimate of drug-likeness (QED) is 0.768. The number of rotatable bonds is 6. The van der Waals surface area contributed by atoms with Crippen molar-refractivity contribution in [1.29, 1.82) is 0 Å². The highest BCUT2D eigenvalue weighted by atomic mass is 16.5. The maximum absolute atomic E-state index is 11.9. The van der Waals surface area contributed by atoms with Gasteiger partial charge in [0.1, 0.15) is 5.82 Å². The SMILES string of the molecule is CCOCCn1nc(C)nc1-c1cccc(N2CCCC2=O)c1. The van der Waals surface area contributed by atoms with Crippen LogP contribution in [0.1, 0.15) is 25.6 Å². The third-order valence-electron chi connectivity index (χ3n) is 3.92. The van der Waals surface area contributed by atoms with Crippen molar-refractivity contribution in [1.82, 2.24) is 14.8 Å². The Balaban J connectivity index is 1.88. The van der Waals surface area contributed by atoms with Crippen molar-refractivity contribution in [2.75, 3.05) is 24.7 Å². The van der Waals surface area contributed by atoms with Crippen LogP contribution in [0.3, 0.4) is 0 Å². The summed E-state index contributed by atoms with van der Waals surface area (Å²) >= 11 is 0. The number of hydrogen-bond donors (Lipinski definition) is 0. The summed E-state index contributed by atoms with van der Waals surface area (Å²) in [4.78, 5) is 18.3. The first-order valence-corrected chi connectivity index (χ1v) is 8.09. The fourth-order valence-electron chi connectivity index (χ4n) is 2.85. The first-order valence-electron chi connectivity index (χ1n) is 8.09. The number of carbonyl (C=O) groups is 1. The molecule has 23 heavy (non-hydrogen) atoms. The summed E-state index contributed by atoms with van der Waals surface area (Å²) in [6.07, 6.45) is 1.56. The lowest BCUT2D eigenvalue weighted by Crippen LogP contribution is -2.23. The second-order valence-electron chi connectivity index (χ2n) is 5.60. The van der Waals surface area contributed by atoms with E-state index in [2.05, 4.69) is 10.1 Å². The predicted molar refractivity (Wildman–Crippen MR) is 88.3 cm³/mol. The molecule has 1 aliphatic rings. The molecule has 0 bridgehead atoms. The van der Waals surface area contributed by atoms with Crippen molar-refractivity contribution in [2.45, 2.75) is 33.2 Å². The van der Waals surface area contributed by atoms with Gasteiger partial charge in [0.2, 0.25) is 5.91 Å². The minimum absolute atomic E-state index is 0.191. The molecule has 6 nitrogen and oxygen atoms in total. The van der Waals surface area contributed by atoms with Crippen molar-refractivity contribution in [3.63, 3.8) is 0 Å². The maximum atomic E-state index is 11.9. The average Bonchev–Trinajstić information content (AvgIpc) is 3.13. The molecule has 1 fully saturated rings. The van der Waals surface area contributed by atoms with Crippen LogP contribution in [0.15, 0.2) is 24.3 Å². The number of ether oxygens (including phenoxy) is 1. The maximum Gasteiger partial charge on any atom is 0.227 e. The number of nitrogens with zero attached hydrogens (tertiary/aromatic N) is 4. The molecule has 2 aromatic rings. The zero-order valence-corrected chi connectivity index (χ0v) is 13.7. The van der Waals surface area contributed by atoms with Gasteiger partial charge >= 0.3 is 0 Å². The van der Waals surface area contributed by atoms with Crippen LogP contribution in [-0.4, -0.2) is 40.4 Å². The van der Waals surface area contributed by atoms with Crippen LogP contribution in [-0.2, 0) is 16.1 Å². The van der Waals surface area contributed by atoms with Crippen molar-refractivity contribution >= 4 is 11.6 Å². The van der Waals surface area contributed by atoms with Gasteiger partial charge in [0.15, 0.2) is 5.82 Å². The van der Waals surface area contributed by atoms with E-state index >= 15 is 0 Å². The highest BCUT2D eigenvalue weighted by molar-refractivity contribution is 5.95. The largest absolute Gasteiger partial charge is 0.380 e. The zero-order valence-electron chi connectivity index (χ0n) is 13.7. The molecule has 3 rings (SSSR count). The molecular weight excluding hydrogens is 292 g/mol. The topological polar surface area (TPSA) is 60.2 Å². The second kappa shape index (κ2) is 6.91. The number of aryl methyl sites for hydroxylation is 1. The predicted octanol–water partition coefficient (Wildman–Crippen LogP) is 2.42. The Morgan fingerprint density at radius 1 is 1.35 bits per heavy atom. The van der Waals surface area contributed by atoms with Gasteiger partial charge in [-0.3, -0.25) is 4.79 Å². The summed E-state index contributed by atoms with van der Waals surface area (Å²) in [5.41, 5.74) is 1.90. The standard InChI is InChI=1S/C17H22N4O2/c1-3-23-11-10-21-17(18-13(2)19-21)14-6-4-7-15(12-14)20-9-5-8-16(20)22/h4,6-7,12H,3,5,8-11H2,1-2H3. The highest BCUT2D eigenvalue weighted by Crippen LogP contribution is 2.26. The number of benzene rings is 1. The molecule has 0 saturated carbocycles. The highest BCUT2D eigenvalue weighted by Gasteiger charge is 2.22. The van der Waals surface area contributed by atoms with E-state index < -0.39 is 0 Å². The number of carbonyl (C=O) groups excluding carboxylic acids is 1. The number of amides is 1. The van der Waals surface area contributed by atoms with Crippen molar-refractivity contribution in [3.05, 3.63) is 30.1 Å². The van der Waals surface area contributed by atoms with Gasteiger partial charge < -0.3 is 9.64 Å². The number of aromatic nitrogens is 3. The Morgan fingerprint density at radius 2 is 2.22 bits per heavy atom. The van der Waals surface area contributed by atoms with Crippen LogP contribution >= 0.6 is 0 Å². The fraction of sp³-hybridized carbons (Fsp3) is 0.471. The van der Waals surface area contributed by atoms with Gasteiger partial charge in [0.25, 0.3) is 0 Å². The third kappa shape index (κ3) is 3.42. The Morgan fingerprint density at radius 3 is 2.96 bits per heavy atom. The van der Waals surface area contributed by atoms with Crippen LogP contribution in [0.2, 0.25) is 0 Å². The first-order chi connectivity index (χ1) is 11.2. The summed E-state index contributed by atoms with van der Waals surface area (Å²) in [6.45, 7) is 6.61. The Labute approximate surface area is 136 Å². The Kier molecular flexibility index (Phi) is 4.71. The van der Waals surface area contributed by atoms with E-state index in [0.717, 1.165) is 35.9 Å². The van der Waals surface area contributed by atoms with Crippen LogP contribution < -0.4 is 4.90 Å². The van der Waals surface area contributed by atoms with E-state index in [9.17, 15) is 4.79 Å².